The van der Waals surface area contributed by atoms with Gasteiger partial charge in [0, 0.05) is 6.04 Å². The van der Waals surface area contributed by atoms with E-state index in [1.165, 1.54) is 25.7 Å². The number of amides is 1. The van der Waals surface area contributed by atoms with Gasteiger partial charge in [-0.3, -0.25) is 5.32 Å². The SMILES string of the molecule is CCC1CCC(Nc2ccc(NC(=O)OC(C)(C)C)nc2)C1. The Morgan fingerprint density at radius 2 is 2.14 bits per heavy atom. The van der Waals surface area contributed by atoms with Crippen LogP contribution in [-0.2, 0) is 4.74 Å². The lowest BCUT2D eigenvalue weighted by atomic mass is 10.1. The lowest BCUT2D eigenvalue weighted by molar-refractivity contribution is 0.0635. The van der Waals surface area contributed by atoms with E-state index in [1.54, 1.807) is 12.3 Å². The maximum Gasteiger partial charge on any atom is 0.413 e. The molecule has 1 fully saturated rings. The maximum atomic E-state index is 11.7. The Bertz CT molecular complexity index is 494. The molecule has 2 N–H and O–H groups in total. The number of pyridine rings is 1. The maximum absolute atomic E-state index is 11.7. The van der Waals surface area contributed by atoms with Gasteiger partial charge in [0.1, 0.15) is 11.4 Å². The average Bonchev–Trinajstić information content (AvgIpc) is 2.86. The molecule has 1 aromatic heterocycles. The van der Waals surface area contributed by atoms with Crippen LogP contribution in [0.3, 0.4) is 0 Å². The van der Waals surface area contributed by atoms with Gasteiger partial charge in [-0.25, -0.2) is 9.78 Å². The molecule has 5 nitrogen and oxygen atoms in total. The fourth-order valence-electron chi connectivity index (χ4n) is 2.77. The van der Waals surface area contributed by atoms with Crippen molar-refractivity contribution in [3.05, 3.63) is 18.3 Å². The first-order chi connectivity index (χ1) is 10.4. The van der Waals surface area contributed by atoms with Crippen LogP contribution in [0.2, 0.25) is 0 Å². The molecular formula is C17H27N3O2. The van der Waals surface area contributed by atoms with E-state index < -0.39 is 11.7 Å². The second kappa shape index (κ2) is 6.99. The standard InChI is InChI=1S/C17H27N3O2/c1-5-12-6-7-13(10-12)19-14-8-9-15(18-11-14)20-16(21)22-17(2,3)4/h8-9,11-13,19H,5-7,10H2,1-4H3,(H,18,20,21). The van der Waals surface area contributed by atoms with Crippen LogP contribution in [0.15, 0.2) is 18.3 Å². The van der Waals surface area contributed by atoms with E-state index in [-0.39, 0.29) is 0 Å². The zero-order valence-electron chi connectivity index (χ0n) is 14.0. The van der Waals surface area contributed by atoms with E-state index in [1.807, 2.05) is 26.8 Å². The van der Waals surface area contributed by atoms with Crippen LogP contribution in [0.25, 0.3) is 0 Å². The third-order valence-electron chi connectivity index (χ3n) is 3.88. The average molecular weight is 305 g/mol. The van der Waals surface area contributed by atoms with Crippen LogP contribution in [0.1, 0.15) is 53.4 Å². The highest BCUT2D eigenvalue weighted by Crippen LogP contribution is 2.30. The number of hydrogen-bond donors (Lipinski definition) is 2. The Morgan fingerprint density at radius 1 is 1.36 bits per heavy atom. The van der Waals surface area contributed by atoms with Gasteiger partial charge in [-0.2, -0.15) is 0 Å². The topological polar surface area (TPSA) is 63.2 Å². The van der Waals surface area contributed by atoms with Crippen molar-refractivity contribution in [3.63, 3.8) is 0 Å². The van der Waals surface area contributed by atoms with E-state index in [4.69, 9.17) is 4.74 Å². The van der Waals surface area contributed by atoms with Gasteiger partial charge in [0.2, 0.25) is 0 Å². The van der Waals surface area contributed by atoms with Crippen molar-refractivity contribution in [2.45, 2.75) is 65.0 Å². The fraction of sp³-hybridized carbons (Fsp3) is 0.647. The fourth-order valence-corrected chi connectivity index (χ4v) is 2.77. The normalized spacial score (nSPS) is 21.5. The Labute approximate surface area is 132 Å². The Hall–Kier alpha value is -1.78. The molecule has 2 unspecified atom stereocenters. The monoisotopic (exact) mass is 305 g/mol. The molecule has 0 aromatic carbocycles. The van der Waals surface area contributed by atoms with Gasteiger partial charge in [0.05, 0.1) is 11.9 Å². The quantitative estimate of drug-likeness (QED) is 0.864. The number of nitrogens with zero attached hydrogens (tertiary/aromatic N) is 1. The summed E-state index contributed by atoms with van der Waals surface area (Å²) >= 11 is 0. The van der Waals surface area contributed by atoms with Crippen molar-refractivity contribution >= 4 is 17.6 Å². The molecule has 2 atom stereocenters. The second-order valence-electron chi connectivity index (χ2n) is 6.99. The number of aromatic nitrogens is 1. The molecule has 1 saturated carbocycles. The molecule has 0 bridgehead atoms. The number of ether oxygens (including phenoxy) is 1. The molecular weight excluding hydrogens is 278 g/mol. The van der Waals surface area contributed by atoms with Crippen molar-refractivity contribution < 1.29 is 9.53 Å². The molecule has 5 heteroatoms. The van der Waals surface area contributed by atoms with E-state index >= 15 is 0 Å². The summed E-state index contributed by atoms with van der Waals surface area (Å²) in [7, 11) is 0. The molecule has 1 aromatic rings. The number of anilines is 2. The highest BCUT2D eigenvalue weighted by Gasteiger charge is 2.23. The smallest absolute Gasteiger partial charge is 0.413 e. The summed E-state index contributed by atoms with van der Waals surface area (Å²) in [6.07, 6.45) is 6.29. The minimum Gasteiger partial charge on any atom is -0.444 e. The lowest BCUT2D eigenvalue weighted by Gasteiger charge is -2.19. The van der Waals surface area contributed by atoms with Crippen LogP contribution >= 0.6 is 0 Å². The summed E-state index contributed by atoms with van der Waals surface area (Å²) < 4.78 is 5.20. The van der Waals surface area contributed by atoms with Crippen molar-refractivity contribution in [1.29, 1.82) is 0 Å². The van der Waals surface area contributed by atoms with Gasteiger partial charge in [0.25, 0.3) is 0 Å². The molecule has 0 aliphatic heterocycles. The molecule has 1 aliphatic carbocycles. The van der Waals surface area contributed by atoms with Crippen molar-refractivity contribution in [3.8, 4) is 0 Å². The van der Waals surface area contributed by atoms with Crippen LogP contribution in [0.4, 0.5) is 16.3 Å². The van der Waals surface area contributed by atoms with Crippen molar-refractivity contribution in [2.75, 3.05) is 10.6 Å². The van der Waals surface area contributed by atoms with Crippen LogP contribution < -0.4 is 10.6 Å². The predicted octanol–water partition coefficient (Wildman–Crippen LogP) is 4.42. The first kappa shape index (κ1) is 16.6. The molecule has 1 heterocycles. The van der Waals surface area contributed by atoms with E-state index in [2.05, 4.69) is 22.5 Å². The van der Waals surface area contributed by atoms with Gasteiger partial charge in [0.15, 0.2) is 0 Å². The van der Waals surface area contributed by atoms with Crippen LogP contribution in [0, 0.1) is 5.92 Å². The lowest BCUT2D eigenvalue weighted by Crippen LogP contribution is -2.27. The molecule has 0 radical (unpaired) electrons. The third-order valence-corrected chi connectivity index (χ3v) is 3.88. The third kappa shape index (κ3) is 5.20. The zero-order valence-corrected chi connectivity index (χ0v) is 14.0. The number of rotatable bonds is 4. The summed E-state index contributed by atoms with van der Waals surface area (Å²) in [6, 6.07) is 4.27. The van der Waals surface area contributed by atoms with Crippen LogP contribution in [-0.4, -0.2) is 22.7 Å². The largest absolute Gasteiger partial charge is 0.444 e. The number of nitrogens with one attached hydrogen (secondary N) is 2. The van der Waals surface area contributed by atoms with E-state index in [0.29, 0.717) is 11.9 Å². The van der Waals surface area contributed by atoms with Gasteiger partial charge in [-0.05, 0) is 58.1 Å². The minimum absolute atomic E-state index is 0.484. The number of carbonyl (C=O) groups is 1. The van der Waals surface area contributed by atoms with Gasteiger partial charge < -0.3 is 10.1 Å². The Morgan fingerprint density at radius 3 is 2.68 bits per heavy atom. The summed E-state index contributed by atoms with van der Waals surface area (Å²) in [6.45, 7) is 7.75. The van der Waals surface area contributed by atoms with Crippen LogP contribution in [0.5, 0.6) is 0 Å². The second-order valence-corrected chi connectivity index (χ2v) is 6.99. The minimum atomic E-state index is -0.510. The summed E-state index contributed by atoms with van der Waals surface area (Å²) in [5, 5.41) is 6.15. The molecule has 0 saturated heterocycles. The van der Waals surface area contributed by atoms with E-state index in [9.17, 15) is 4.79 Å². The first-order valence-electron chi connectivity index (χ1n) is 8.08. The summed E-state index contributed by atoms with van der Waals surface area (Å²) in [5.41, 5.74) is 0.487. The highest BCUT2D eigenvalue weighted by atomic mass is 16.6. The number of carbonyl (C=O) groups excluding carboxylic acids is 1. The predicted molar refractivity (Wildman–Crippen MR) is 89.1 cm³/mol. The highest BCUT2D eigenvalue weighted by molar-refractivity contribution is 5.83. The number of hydrogen-bond acceptors (Lipinski definition) is 4. The molecule has 122 valence electrons. The molecule has 2 rings (SSSR count). The Kier molecular flexibility index (Phi) is 5.27. The molecule has 22 heavy (non-hydrogen) atoms. The van der Waals surface area contributed by atoms with Gasteiger partial charge in [-0.15, -0.1) is 0 Å². The summed E-state index contributed by atoms with van der Waals surface area (Å²) in [4.78, 5) is 15.9. The molecule has 1 aliphatic rings. The molecule has 0 spiro atoms. The molecule has 1 amide bonds. The van der Waals surface area contributed by atoms with Gasteiger partial charge >= 0.3 is 6.09 Å². The van der Waals surface area contributed by atoms with Crippen molar-refractivity contribution in [2.24, 2.45) is 5.92 Å². The van der Waals surface area contributed by atoms with Gasteiger partial charge in [-0.1, -0.05) is 13.3 Å². The first-order valence-corrected chi connectivity index (χ1v) is 8.08. The Balaban J connectivity index is 1.84. The zero-order chi connectivity index (χ0) is 16.2. The summed E-state index contributed by atoms with van der Waals surface area (Å²) in [5.74, 6) is 1.34. The van der Waals surface area contributed by atoms with Crippen molar-refractivity contribution in [1.82, 2.24) is 4.98 Å². The van der Waals surface area contributed by atoms with E-state index in [0.717, 1.165) is 11.6 Å².